The van der Waals surface area contributed by atoms with E-state index in [1.165, 1.54) is 16.2 Å². The fraction of sp³-hybridized carbons (Fsp3) is 0.462. The van der Waals surface area contributed by atoms with Crippen LogP contribution in [0.4, 0.5) is 0 Å². The molecule has 2 unspecified atom stereocenters. The normalized spacial score (nSPS) is 22.2. The molecule has 1 aliphatic heterocycles. The monoisotopic (exact) mass is 280 g/mol. The first kappa shape index (κ1) is 14.0. The number of hydrogen-bond acceptors (Lipinski definition) is 5. The standard InChI is InChI=1S/C13H16N2O3S/c1-8-5-12(19-11(8)3-2-4-14)13(18)15-6-9(16)10(17)7-15/h5,9-10,16-17H,4,6-7,14H2,1H3. The summed E-state index contributed by atoms with van der Waals surface area (Å²) in [5.74, 6) is 5.52. The Labute approximate surface area is 115 Å². The molecule has 102 valence electrons. The van der Waals surface area contributed by atoms with Crippen molar-refractivity contribution in [2.24, 2.45) is 5.73 Å². The number of β-amino-alcohol motifs (C(OH)–C–C–N with tert-alkyl or cyclic N) is 2. The average Bonchev–Trinajstić information content (AvgIpc) is 2.90. The van der Waals surface area contributed by atoms with Gasteiger partial charge in [-0.15, -0.1) is 11.3 Å². The molecule has 1 fully saturated rings. The van der Waals surface area contributed by atoms with Crippen molar-refractivity contribution >= 4 is 17.2 Å². The summed E-state index contributed by atoms with van der Waals surface area (Å²) in [5.41, 5.74) is 6.26. The number of aliphatic hydroxyl groups is 2. The fourth-order valence-electron chi connectivity index (χ4n) is 1.93. The average molecular weight is 280 g/mol. The molecule has 1 amide bonds. The molecule has 0 bridgehead atoms. The second-order valence-corrected chi connectivity index (χ2v) is 5.53. The van der Waals surface area contributed by atoms with Crippen LogP contribution in [0.3, 0.4) is 0 Å². The summed E-state index contributed by atoms with van der Waals surface area (Å²) in [6.45, 7) is 2.51. The molecule has 2 heterocycles. The van der Waals surface area contributed by atoms with Crippen LogP contribution in [0.25, 0.3) is 0 Å². The van der Waals surface area contributed by atoms with Gasteiger partial charge in [-0.05, 0) is 18.6 Å². The van der Waals surface area contributed by atoms with Crippen molar-refractivity contribution in [2.45, 2.75) is 19.1 Å². The lowest BCUT2D eigenvalue weighted by atomic mass is 10.2. The molecule has 19 heavy (non-hydrogen) atoms. The van der Waals surface area contributed by atoms with Crippen molar-refractivity contribution in [1.82, 2.24) is 4.90 Å². The number of hydrogen-bond donors (Lipinski definition) is 3. The molecular weight excluding hydrogens is 264 g/mol. The molecule has 0 aliphatic carbocycles. The maximum absolute atomic E-state index is 12.2. The third kappa shape index (κ3) is 2.96. The smallest absolute Gasteiger partial charge is 0.264 e. The highest BCUT2D eigenvalue weighted by Gasteiger charge is 2.33. The number of aliphatic hydroxyl groups excluding tert-OH is 2. The van der Waals surface area contributed by atoms with E-state index in [1.54, 1.807) is 6.07 Å². The lowest BCUT2D eigenvalue weighted by molar-refractivity contribution is 0.0572. The molecule has 4 N–H and O–H groups in total. The molecule has 0 radical (unpaired) electrons. The van der Waals surface area contributed by atoms with E-state index < -0.39 is 12.2 Å². The molecule has 0 spiro atoms. The van der Waals surface area contributed by atoms with Gasteiger partial charge in [0.05, 0.1) is 28.5 Å². The molecule has 1 saturated heterocycles. The van der Waals surface area contributed by atoms with Crippen molar-refractivity contribution in [3.05, 3.63) is 21.4 Å². The zero-order chi connectivity index (χ0) is 14.0. The van der Waals surface area contributed by atoms with Crippen molar-refractivity contribution < 1.29 is 15.0 Å². The van der Waals surface area contributed by atoms with Crippen LogP contribution in [0.1, 0.15) is 20.1 Å². The Balaban J connectivity index is 2.16. The Bertz CT molecular complexity index is 534. The van der Waals surface area contributed by atoms with Crippen LogP contribution in [0.15, 0.2) is 6.07 Å². The summed E-state index contributed by atoms with van der Waals surface area (Å²) in [6, 6.07) is 1.78. The zero-order valence-corrected chi connectivity index (χ0v) is 11.4. The Morgan fingerprint density at radius 3 is 2.74 bits per heavy atom. The molecule has 6 heteroatoms. The van der Waals surface area contributed by atoms with Gasteiger partial charge < -0.3 is 20.8 Å². The first-order valence-corrected chi connectivity index (χ1v) is 6.79. The number of thiophene rings is 1. The van der Waals surface area contributed by atoms with Crippen LogP contribution >= 0.6 is 11.3 Å². The van der Waals surface area contributed by atoms with E-state index in [0.717, 1.165) is 10.4 Å². The van der Waals surface area contributed by atoms with Crippen LogP contribution in [0, 0.1) is 18.8 Å². The molecule has 1 aliphatic rings. The number of nitrogens with zero attached hydrogens (tertiary/aromatic N) is 1. The van der Waals surface area contributed by atoms with E-state index in [-0.39, 0.29) is 25.5 Å². The van der Waals surface area contributed by atoms with Crippen LogP contribution in [-0.4, -0.2) is 52.9 Å². The van der Waals surface area contributed by atoms with Crippen molar-refractivity contribution in [3.63, 3.8) is 0 Å². The molecule has 1 aromatic heterocycles. The van der Waals surface area contributed by atoms with E-state index >= 15 is 0 Å². The molecule has 2 rings (SSSR count). The number of likely N-dealkylation sites (tertiary alicyclic amines) is 1. The van der Waals surface area contributed by atoms with E-state index in [2.05, 4.69) is 11.8 Å². The number of carbonyl (C=O) groups excluding carboxylic acids is 1. The summed E-state index contributed by atoms with van der Waals surface area (Å²) in [4.78, 5) is 15.1. The summed E-state index contributed by atoms with van der Waals surface area (Å²) < 4.78 is 0. The van der Waals surface area contributed by atoms with Crippen LogP contribution in [0.2, 0.25) is 0 Å². The maximum atomic E-state index is 12.2. The first-order chi connectivity index (χ1) is 9.02. The molecule has 5 nitrogen and oxygen atoms in total. The minimum Gasteiger partial charge on any atom is -0.388 e. The highest BCUT2D eigenvalue weighted by molar-refractivity contribution is 7.14. The summed E-state index contributed by atoms with van der Waals surface area (Å²) in [5, 5.41) is 18.9. The van der Waals surface area contributed by atoms with Crippen molar-refractivity contribution in [3.8, 4) is 11.8 Å². The van der Waals surface area contributed by atoms with Gasteiger partial charge in [0.2, 0.25) is 0 Å². The summed E-state index contributed by atoms with van der Waals surface area (Å²) in [7, 11) is 0. The largest absolute Gasteiger partial charge is 0.388 e. The van der Waals surface area contributed by atoms with Gasteiger partial charge >= 0.3 is 0 Å². The van der Waals surface area contributed by atoms with Gasteiger partial charge in [-0.2, -0.15) is 0 Å². The predicted octanol–water partition coefficient (Wildman–Crippen LogP) is -0.456. The van der Waals surface area contributed by atoms with Crippen LogP contribution < -0.4 is 5.73 Å². The number of aryl methyl sites for hydroxylation is 1. The van der Waals surface area contributed by atoms with Crippen LogP contribution in [-0.2, 0) is 0 Å². The number of rotatable bonds is 1. The minimum atomic E-state index is -0.860. The maximum Gasteiger partial charge on any atom is 0.264 e. The number of amides is 1. The lowest BCUT2D eigenvalue weighted by Gasteiger charge is -2.13. The Morgan fingerprint density at radius 1 is 1.53 bits per heavy atom. The number of nitrogens with two attached hydrogens (primary N) is 1. The Morgan fingerprint density at radius 2 is 2.16 bits per heavy atom. The van der Waals surface area contributed by atoms with Gasteiger partial charge in [0.25, 0.3) is 5.91 Å². The Kier molecular flexibility index (Phi) is 4.22. The highest BCUT2D eigenvalue weighted by Crippen LogP contribution is 2.24. The second kappa shape index (κ2) is 5.72. The van der Waals surface area contributed by atoms with Crippen molar-refractivity contribution in [2.75, 3.05) is 19.6 Å². The first-order valence-electron chi connectivity index (χ1n) is 5.97. The highest BCUT2D eigenvalue weighted by atomic mass is 32.1. The van der Waals surface area contributed by atoms with Gasteiger partial charge in [0.1, 0.15) is 0 Å². The van der Waals surface area contributed by atoms with Gasteiger partial charge in [-0.25, -0.2) is 0 Å². The van der Waals surface area contributed by atoms with Crippen LogP contribution in [0.5, 0.6) is 0 Å². The second-order valence-electron chi connectivity index (χ2n) is 4.47. The summed E-state index contributed by atoms with van der Waals surface area (Å²) in [6.07, 6.45) is -1.72. The molecule has 0 aromatic carbocycles. The molecule has 2 atom stereocenters. The number of carbonyl (C=O) groups is 1. The molecular formula is C13H16N2O3S. The van der Waals surface area contributed by atoms with E-state index in [0.29, 0.717) is 4.88 Å². The zero-order valence-electron chi connectivity index (χ0n) is 10.6. The van der Waals surface area contributed by atoms with Gasteiger partial charge in [0.15, 0.2) is 0 Å². The topological polar surface area (TPSA) is 86.8 Å². The van der Waals surface area contributed by atoms with E-state index in [1.807, 2.05) is 6.92 Å². The quantitative estimate of drug-likeness (QED) is 0.608. The molecule has 1 aromatic rings. The third-order valence-electron chi connectivity index (χ3n) is 2.98. The summed E-state index contributed by atoms with van der Waals surface area (Å²) >= 11 is 1.31. The van der Waals surface area contributed by atoms with E-state index in [9.17, 15) is 15.0 Å². The fourth-order valence-corrected chi connectivity index (χ4v) is 2.95. The van der Waals surface area contributed by atoms with Gasteiger partial charge in [-0.3, -0.25) is 4.79 Å². The third-order valence-corrected chi connectivity index (χ3v) is 4.12. The van der Waals surface area contributed by atoms with Gasteiger partial charge in [0, 0.05) is 13.1 Å². The minimum absolute atomic E-state index is 0.167. The Hall–Kier alpha value is -1.39. The lowest BCUT2D eigenvalue weighted by Crippen LogP contribution is -2.29. The van der Waals surface area contributed by atoms with Gasteiger partial charge in [-0.1, -0.05) is 11.8 Å². The van der Waals surface area contributed by atoms with E-state index in [4.69, 9.17) is 5.73 Å². The molecule has 0 saturated carbocycles. The SMILES string of the molecule is Cc1cc(C(=O)N2CC(O)C(O)C2)sc1C#CCN. The predicted molar refractivity (Wildman–Crippen MR) is 72.9 cm³/mol. The van der Waals surface area contributed by atoms with Crippen molar-refractivity contribution in [1.29, 1.82) is 0 Å².